The summed E-state index contributed by atoms with van der Waals surface area (Å²) in [5.41, 5.74) is 1.93. The molecule has 3 aromatic rings. The second kappa shape index (κ2) is 8.54. The van der Waals surface area contributed by atoms with Crippen molar-refractivity contribution in [3.8, 4) is 5.75 Å². The monoisotopic (exact) mass is 414 g/mol. The molecular weight excluding hydrogens is 396 g/mol. The van der Waals surface area contributed by atoms with Gasteiger partial charge in [0.1, 0.15) is 12.4 Å². The minimum atomic E-state index is -0.488. The minimum Gasteiger partial charge on any atom is -0.467 e. The molecule has 0 N–H and O–H groups in total. The van der Waals surface area contributed by atoms with E-state index in [9.17, 15) is 14.9 Å². The van der Waals surface area contributed by atoms with E-state index in [1.165, 1.54) is 12.1 Å². The van der Waals surface area contributed by atoms with Crippen LogP contribution >= 0.6 is 11.3 Å². The fourth-order valence-corrected chi connectivity index (χ4v) is 4.14. The van der Waals surface area contributed by atoms with Crippen molar-refractivity contribution in [1.82, 2.24) is 4.98 Å². The Kier molecular flexibility index (Phi) is 5.68. The van der Waals surface area contributed by atoms with Crippen LogP contribution in [0.15, 0.2) is 36.4 Å². The summed E-state index contributed by atoms with van der Waals surface area (Å²) in [5.74, 6) is 0.127. The van der Waals surface area contributed by atoms with Crippen LogP contribution in [0.1, 0.15) is 29.0 Å². The van der Waals surface area contributed by atoms with Crippen LogP contribution in [-0.2, 0) is 33.9 Å². The Morgan fingerprint density at radius 3 is 3.00 bits per heavy atom. The number of benzene rings is 2. The maximum absolute atomic E-state index is 12.1. The number of hydrogen-bond donors (Lipinski definition) is 0. The molecule has 1 aromatic heterocycles. The molecule has 0 radical (unpaired) electrons. The number of carbonyl (C=O) groups is 1. The molecule has 0 saturated heterocycles. The first-order chi connectivity index (χ1) is 14.1. The number of carbonyl (C=O) groups excluding carboxylic acids is 1. The first kappa shape index (κ1) is 19.3. The van der Waals surface area contributed by atoms with Gasteiger partial charge in [0.2, 0.25) is 0 Å². The highest BCUT2D eigenvalue weighted by atomic mass is 32.1. The number of rotatable bonds is 7. The summed E-state index contributed by atoms with van der Waals surface area (Å²) in [6, 6.07) is 10.7. The standard InChI is InChI=1S/C20H18N2O6S/c23-19(7-3-6-18-21-16-4-1-2-5-17(16)29-18)27-11-14-9-15(22(24)25)8-13-10-26-12-28-20(13)14/h1-2,4-5,8-9H,3,6-7,10-12H2. The van der Waals surface area contributed by atoms with Gasteiger partial charge < -0.3 is 14.2 Å². The Hall–Kier alpha value is -3.04. The number of thiazole rings is 1. The van der Waals surface area contributed by atoms with Gasteiger partial charge in [0.25, 0.3) is 5.69 Å². The number of esters is 1. The Bertz CT molecular complexity index is 1030. The predicted molar refractivity (Wildman–Crippen MR) is 106 cm³/mol. The molecule has 8 nitrogen and oxygen atoms in total. The number of nitro benzene ring substituents is 1. The van der Waals surface area contributed by atoms with Crippen molar-refractivity contribution in [2.75, 3.05) is 6.79 Å². The van der Waals surface area contributed by atoms with Crippen LogP contribution in [0.4, 0.5) is 5.69 Å². The molecule has 1 aliphatic rings. The van der Waals surface area contributed by atoms with E-state index in [2.05, 4.69) is 4.98 Å². The number of ether oxygens (including phenoxy) is 3. The van der Waals surface area contributed by atoms with Crippen LogP contribution in [0.3, 0.4) is 0 Å². The van der Waals surface area contributed by atoms with Crippen molar-refractivity contribution < 1.29 is 23.9 Å². The average molecular weight is 414 g/mol. The van der Waals surface area contributed by atoms with Crippen molar-refractivity contribution in [3.05, 3.63) is 62.6 Å². The number of nitrogens with zero attached hydrogens (tertiary/aromatic N) is 2. The van der Waals surface area contributed by atoms with Gasteiger partial charge in [-0.05, 0) is 25.0 Å². The Morgan fingerprint density at radius 1 is 1.31 bits per heavy atom. The normalized spacial score (nSPS) is 13.0. The molecule has 0 atom stereocenters. The molecule has 0 amide bonds. The lowest BCUT2D eigenvalue weighted by Crippen LogP contribution is -2.15. The van der Waals surface area contributed by atoms with Gasteiger partial charge in [-0.15, -0.1) is 11.3 Å². The van der Waals surface area contributed by atoms with Crippen LogP contribution in [0.25, 0.3) is 10.2 Å². The zero-order chi connectivity index (χ0) is 20.2. The maximum atomic E-state index is 12.1. The van der Waals surface area contributed by atoms with Gasteiger partial charge in [-0.2, -0.15) is 0 Å². The highest BCUT2D eigenvalue weighted by molar-refractivity contribution is 7.18. The van der Waals surface area contributed by atoms with Gasteiger partial charge in [-0.25, -0.2) is 4.98 Å². The van der Waals surface area contributed by atoms with E-state index >= 15 is 0 Å². The third-order valence-electron chi connectivity index (χ3n) is 4.48. The molecular formula is C20H18N2O6S. The summed E-state index contributed by atoms with van der Waals surface area (Å²) in [6.45, 7) is 0.206. The number of para-hydroxylation sites is 1. The third-order valence-corrected chi connectivity index (χ3v) is 5.58. The highest BCUT2D eigenvalue weighted by Crippen LogP contribution is 2.33. The van der Waals surface area contributed by atoms with Crippen LogP contribution < -0.4 is 4.74 Å². The van der Waals surface area contributed by atoms with Crippen molar-refractivity contribution >= 4 is 33.2 Å². The lowest BCUT2D eigenvalue weighted by molar-refractivity contribution is -0.385. The van der Waals surface area contributed by atoms with Gasteiger partial charge in [0.05, 0.1) is 26.8 Å². The summed E-state index contributed by atoms with van der Waals surface area (Å²) < 4.78 is 17.1. The van der Waals surface area contributed by atoms with E-state index in [4.69, 9.17) is 14.2 Å². The quantitative estimate of drug-likeness (QED) is 0.325. The third kappa shape index (κ3) is 4.52. The highest BCUT2D eigenvalue weighted by Gasteiger charge is 2.21. The summed E-state index contributed by atoms with van der Waals surface area (Å²) >= 11 is 1.62. The molecule has 0 fully saturated rings. The van der Waals surface area contributed by atoms with Crippen LogP contribution in [-0.4, -0.2) is 22.7 Å². The molecule has 2 heterocycles. The van der Waals surface area contributed by atoms with Crippen molar-refractivity contribution in [3.63, 3.8) is 0 Å². The van der Waals surface area contributed by atoms with Gasteiger partial charge in [-0.3, -0.25) is 14.9 Å². The van der Waals surface area contributed by atoms with Gasteiger partial charge in [0, 0.05) is 29.7 Å². The molecule has 29 heavy (non-hydrogen) atoms. The zero-order valence-electron chi connectivity index (χ0n) is 15.5. The van der Waals surface area contributed by atoms with Gasteiger partial charge >= 0.3 is 5.97 Å². The second-order valence-corrected chi connectivity index (χ2v) is 7.67. The second-order valence-electron chi connectivity index (χ2n) is 6.55. The number of hydrogen-bond acceptors (Lipinski definition) is 8. The zero-order valence-corrected chi connectivity index (χ0v) is 16.3. The summed E-state index contributed by atoms with van der Waals surface area (Å²) in [6.07, 6.45) is 1.56. The topological polar surface area (TPSA) is 101 Å². The summed E-state index contributed by atoms with van der Waals surface area (Å²) in [5, 5.41) is 12.1. The number of nitro groups is 1. The smallest absolute Gasteiger partial charge is 0.306 e. The fourth-order valence-electron chi connectivity index (χ4n) is 3.13. The maximum Gasteiger partial charge on any atom is 0.306 e. The molecule has 1 aliphatic heterocycles. The summed E-state index contributed by atoms with van der Waals surface area (Å²) in [4.78, 5) is 27.3. The number of aryl methyl sites for hydroxylation is 1. The first-order valence-corrected chi connectivity index (χ1v) is 9.92. The largest absolute Gasteiger partial charge is 0.467 e. The van der Waals surface area contributed by atoms with Crippen molar-refractivity contribution in [2.45, 2.75) is 32.5 Å². The van der Waals surface area contributed by atoms with E-state index in [-0.39, 0.29) is 38.1 Å². The SMILES string of the molecule is O=C(CCCc1nc2ccccc2s1)OCc1cc([N+](=O)[O-])cc2c1OCOC2. The molecule has 2 aromatic carbocycles. The molecule has 0 spiro atoms. The molecule has 4 rings (SSSR count). The summed E-state index contributed by atoms with van der Waals surface area (Å²) in [7, 11) is 0. The molecule has 0 bridgehead atoms. The number of non-ortho nitro benzene ring substituents is 1. The lowest BCUT2D eigenvalue weighted by Gasteiger charge is -2.20. The molecule has 150 valence electrons. The van der Waals surface area contributed by atoms with E-state index in [1.54, 1.807) is 11.3 Å². The van der Waals surface area contributed by atoms with E-state index < -0.39 is 4.92 Å². The van der Waals surface area contributed by atoms with E-state index in [1.807, 2.05) is 24.3 Å². The van der Waals surface area contributed by atoms with Crippen LogP contribution in [0.2, 0.25) is 0 Å². The molecule has 9 heteroatoms. The van der Waals surface area contributed by atoms with Crippen molar-refractivity contribution in [2.24, 2.45) is 0 Å². The average Bonchev–Trinajstić information content (AvgIpc) is 3.14. The van der Waals surface area contributed by atoms with Crippen LogP contribution in [0.5, 0.6) is 5.75 Å². The number of aromatic nitrogens is 1. The Morgan fingerprint density at radius 2 is 2.17 bits per heavy atom. The lowest BCUT2D eigenvalue weighted by atomic mass is 10.1. The number of fused-ring (bicyclic) bond motifs is 2. The van der Waals surface area contributed by atoms with Gasteiger partial charge in [0.15, 0.2) is 6.79 Å². The minimum absolute atomic E-state index is 0.0634. The Balaban J connectivity index is 1.33. The molecule has 0 saturated carbocycles. The molecule has 0 unspecified atom stereocenters. The van der Waals surface area contributed by atoms with E-state index in [0.29, 0.717) is 29.7 Å². The molecule has 0 aliphatic carbocycles. The first-order valence-electron chi connectivity index (χ1n) is 9.11. The van der Waals surface area contributed by atoms with Crippen LogP contribution in [0, 0.1) is 10.1 Å². The van der Waals surface area contributed by atoms with E-state index in [0.717, 1.165) is 15.2 Å². The Labute approximate surface area is 170 Å². The fraction of sp³-hybridized carbons (Fsp3) is 0.300. The van der Waals surface area contributed by atoms with Crippen molar-refractivity contribution in [1.29, 1.82) is 0 Å². The van der Waals surface area contributed by atoms with Gasteiger partial charge in [-0.1, -0.05) is 12.1 Å². The predicted octanol–water partition coefficient (Wildman–Crippen LogP) is 4.14.